The van der Waals surface area contributed by atoms with Crippen LogP contribution in [0.4, 0.5) is 5.69 Å². The summed E-state index contributed by atoms with van der Waals surface area (Å²) in [5, 5.41) is 10.3. The van der Waals surface area contributed by atoms with Gasteiger partial charge >= 0.3 is 0 Å². The van der Waals surface area contributed by atoms with Crippen molar-refractivity contribution < 1.29 is 24.2 Å². The number of halogens is 1. The largest absolute Gasteiger partial charge is 0.395 e. The van der Waals surface area contributed by atoms with Crippen LogP contribution in [0, 0.1) is 18.8 Å². The van der Waals surface area contributed by atoms with Crippen LogP contribution in [0.15, 0.2) is 43.5 Å². The second-order valence-electron chi connectivity index (χ2n) is 10.8. The first-order valence-electron chi connectivity index (χ1n) is 13.9. The lowest BCUT2D eigenvalue weighted by Gasteiger charge is -2.37. The van der Waals surface area contributed by atoms with Gasteiger partial charge in [0.2, 0.25) is 11.8 Å². The molecular formula is C30H40ClN3O5. The zero-order valence-electron chi connectivity index (χ0n) is 23.2. The summed E-state index contributed by atoms with van der Waals surface area (Å²) >= 11 is 6.59. The fraction of sp³-hybridized carbons (Fsp3) is 0.567. The SMILES string of the molecule is C=CCN(CCC)C(=O)[C@H]1[C@H]2C(=O)N(CCO)C(C(=O)N(CC=C)c3c(C)cccc3Cl)C23CC[C@]1(CC)O3. The number of para-hydroxylation sites is 1. The van der Waals surface area contributed by atoms with Crippen molar-refractivity contribution >= 4 is 35.0 Å². The highest BCUT2D eigenvalue weighted by Gasteiger charge is 2.79. The van der Waals surface area contributed by atoms with Gasteiger partial charge < -0.3 is 24.5 Å². The molecular weight excluding hydrogens is 518 g/mol. The molecule has 39 heavy (non-hydrogen) atoms. The zero-order chi connectivity index (χ0) is 28.5. The first-order valence-corrected chi connectivity index (χ1v) is 14.2. The van der Waals surface area contributed by atoms with E-state index < -0.39 is 29.1 Å². The van der Waals surface area contributed by atoms with Crippen LogP contribution in [0.1, 0.15) is 45.1 Å². The third-order valence-electron chi connectivity index (χ3n) is 8.71. The van der Waals surface area contributed by atoms with E-state index in [0.29, 0.717) is 43.1 Å². The number of anilines is 1. The molecule has 3 saturated heterocycles. The maximum Gasteiger partial charge on any atom is 0.253 e. The van der Waals surface area contributed by atoms with Crippen LogP contribution in [0.2, 0.25) is 5.02 Å². The van der Waals surface area contributed by atoms with E-state index in [1.807, 2.05) is 32.9 Å². The number of aliphatic hydroxyl groups is 1. The van der Waals surface area contributed by atoms with Crippen LogP contribution in [-0.4, -0.2) is 82.7 Å². The summed E-state index contributed by atoms with van der Waals surface area (Å²) in [6.45, 7) is 14.2. The monoisotopic (exact) mass is 557 g/mol. The van der Waals surface area contributed by atoms with Crippen molar-refractivity contribution in [1.29, 1.82) is 0 Å². The molecule has 0 radical (unpaired) electrons. The number of rotatable bonds is 12. The lowest BCUT2D eigenvalue weighted by molar-refractivity contribution is -0.151. The highest BCUT2D eigenvalue weighted by molar-refractivity contribution is 6.34. The summed E-state index contributed by atoms with van der Waals surface area (Å²) in [5.74, 6) is -2.35. The van der Waals surface area contributed by atoms with Crippen LogP contribution in [0.5, 0.6) is 0 Å². The van der Waals surface area contributed by atoms with Crippen molar-refractivity contribution in [2.24, 2.45) is 11.8 Å². The van der Waals surface area contributed by atoms with Gasteiger partial charge in [-0.3, -0.25) is 14.4 Å². The molecule has 1 N–H and O–H groups in total. The molecule has 3 fully saturated rings. The Hall–Kier alpha value is -2.68. The number of benzene rings is 1. The molecule has 0 aliphatic carbocycles. The lowest BCUT2D eigenvalue weighted by atomic mass is 9.64. The van der Waals surface area contributed by atoms with Crippen LogP contribution < -0.4 is 4.90 Å². The standard InChI is InChI=1S/C30H40ClN3O5/c1-6-15-32(16-7-2)26(36)22-23-27(37)34(18-19-35)25(30(23)14-13-29(22,9-4)39-30)28(38)33(17-8-3)24-20(5)11-10-12-21(24)31/h6,8,10-12,22-23,25,35H,1,3,7,9,13-19H2,2,4-5H3/t22-,23+,25?,29+,30?/m1/s1. The quantitative estimate of drug-likeness (QED) is 0.395. The number of fused-ring (bicyclic) bond motifs is 1. The number of hydrogen-bond donors (Lipinski definition) is 1. The van der Waals surface area contributed by atoms with Gasteiger partial charge in [-0.15, -0.1) is 13.2 Å². The lowest BCUT2D eigenvalue weighted by Crippen LogP contribution is -2.57. The number of aliphatic hydroxyl groups excluding tert-OH is 1. The fourth-order valence-electron chi connectivity index (χ4n) is 7.17. The van der Waals surface area contributed by atoms with Gasteiger partial charge in [-0.05, 0) is 44.2 Å². The molecule has 3 amide bonds. The average molecular weight is 558 g/mol. The van der Waals surface area contributed by atoms with E-state index in [1.54, 1.807) is 28.0 Å². The number of nitrogens with zero attached hydrogens (tertiary/aromatic N) is 3. The molecule has 3 aliphatic rings. The van der Waals surface area contributed by atoms with Crippen molar-refractivity contribution in [2.45, 2.75) is 63.7 Å². The third-order valence-corrected chi connectivity index (χ3v) is 9.02. The molecule has 1 spiro atoms. The molecule has 1 aromatic carbocycles. The summed E-state index contributed by atoms with van der Waals surface area (Å²) in [6.07, 6.45) is 5.66. The number of carbonyl (C=O) groups is 3. The fourth-order valence-corrected chi connectivity index (χ4v) is 7.49. The minimum Gasteiger partial charge on any atom is -0.395 e. The van der Waals surface area contributed by atoms with E-state index in [0.717, 1.165) is 12.0 Å². The van der Waals surface area contributed by atoms with Gasteiger partial charge in [0.1, 0.15) is 11.6 Å². The van der Waals surface area contributed by atoms with E-state index >= 15 is 0 Å². The Morgan fingerprint density at radius 1 is 1.21 bits per heavy atom. The number of aryl methyl sites for hydroxylation is 1. The van der Waals surface area contributed by atoms with Gasteiger partial charge in [0.05, 0.1) is 34.8 Å². The summed E-state index contributed by atoms with van der Waals surface area (Å²) < 4.78 is 6.84. The first-order chi connectivity index (χ1) is 18.7. The van der Waals surface area contributed by atoms with Crippen molar-refractivity contribution in [1.82, 2.24) is 9.80 Å². The van der Waals surface area contributed by atoms with Crippen molar-refractivity contribution in [2.75, 3.05) is 37.7 Å². The van der Waals surface area contributed by atoms with Gasteiger partial charge in [0.25, 0.3) is 5.91 Å². The minimum atomic E-state index is -1.18. The summed E-state index contributed by atoms with van der Waals surface area (Å²) in [4.78, 5) is 47.5. The predicted molar refractivity (Wildman–Crippen MR) is 151 cm³/mol. The summed E-state index contributed by atoms with van der Waals surface area (Å²) in [6, 6.07) is 4.40. The van der Waals surface area contributed by atoms with Crippen molar-refractivity contribution in [3.8, 4) is 0 Å². The van der Waals surface area contributed by atoms with Gasteiger partial charge in [-0.1, -0.05) is 49.7 Å². The van der Waals surface area contributed by atoms with Crippen molar-refractivity contribution in [3.05, 3.63) is 54.1 Å². The predicted octanol–water partition coefficient (Wildman–Crippen LogP) is 3.74. The maximum absolute atomic E-state index is 14.6. The summed E-state index contributed by atoms with van der Waals surface area (Å²) in [5.41, 5.74) is -0.664. The third kappa shape index (κ3) is 4.50. The molecule has 3 heterocycles. The first kappa shape index (κ1) is 29.3. The van der Waals surface area contributed by atoms with E-state index in [1.165, 1.54) is 4.90 Å². The number of ether oxygens (including phenoxy) is 1. The Morgan fingerprint density at radius 3 is 2.51 bits per heavy atom. The highest BCUT2D eigenvalue weighted by atomic mass is 35.5. The Bertz CT molecular complexity index is 1140. The number of hydrogen-bond acceptors (Lipinski definition) is 5. The van der Waals surface area contributed by atoms with Gasteiger partial charge in [-0.2, -0.15) is 0 Å². The molecule has 212 valence electrons. The smallest absolute Gasteiger partial charge is 0.253 e. The molecule has 2 unspecified atom stereocenters. The Morgan fingerprint density at radius 2 is 1.92 bits per heavy atom. The number of likely N-dealkylation sites (tertiary alicyclic amines) is 1. The molecule has 8 nitrogen and oxygen atoms in total. The molecule has 9 heteroatoms. The van der Waals surface area contributed by atoms with Crippen LogP contribution in [-0.2, 0) is 19.1 Å². The zero-order valence-corrected chi connectivity index (χ0v) is 24.0. The van der Waals surface area contributed by atoms with E-state index in [9.17, 15) is 19.5 Å². The molecule has 0 aromatic heterocycles. The molecule has 3 aliphatic heterocycles. The molecule has 2 bridgehead atoms. The normalized spacial score (nSPS) is 28.9. The number of amides is 3. The van der Waals surface area contributed by atoms with Crippen LogP contribution in [0.25, 0.3) is 0 Å². The van der Waals surface area contributed by atoms with Gasteiger partial charge in [-0.25, -0.2) is 0 Å². The topological polar surface area (TPSA) is 90.4 Å². The molecule has 4 rings (SSSR count). The van der Waals surface area contributed by atoms with Crippen LogP contribution >= 0.6 is 11.6 Å². The Labute approximate surface area is 236 Å². The maximum atomic E-state index is 14.6. The molecule has 0 saturated carbocycles. The number of β-amino-alcohol motifs (C(OH)–C–C–N with tert-alkyl or cyclic N) is 1. The Kier molecular flexibility index (Phi) is 8.59. The van der Waals surface area contributed by atoms with Gasteiger partial charge in [0.15, 0.2) is 0 Å². The minimum absolute atomic E-state index is 0.0361. The second kappa shape index (κ2) is 11.4. The second-order valence-corrected chi connectivity index (χ2v) is 11.2. The Balaban J connectivity index is 1.84. The van der Waals surface area contributed by atoms with Crippen LogP contribution in [0.3, 0.4) is 0 Å². The average Bonchev–Trinajstić information content (AvgIpc) is 3.51. The van der Waals surface area contributed by atoms with E-state index in [-0.39, 0.29) is 37.4 Å². The molecule has 1 aromatic rings. The van der Waals surface area contributed by atoms with E-state index in [2.05, 4.69) is 13.2 Å². The summed E-state index contributed by atoms with van der Waals surface area (Å²) in [7, 11) is 0. The van der Waals surface area contributed by atoms with Crippen molar-refractivity contribution in [3.63, 3.8) is 0 Å². The van der Waals surface area contributed by atoms with Gasteiger partial charge in [0, 0.05) is 26.2 Å². The number of carbonyl (C=O) groups excluding carboxylic acids is 3. The molecule has 5 atom stereocenters. The highest BCUT2D eigenvalue weighted by Crippen LogP contribution is 2.64. The van der Waals surface area contributed by atoms with E-state index in [4.69, 9.17) is 16.3 Å².